The molecule has 2 atom stereocenters. The molecule has 0 saturated carbocycles. The highest BCUT2D eigenvalue weighted by Gasteiger charge is 2.44. The zero-order chi connectivity index (χ0) is 24.2. The minimum Gasteiger partial charge on any atom is -0.415 e. The number of aliphatic hydroxyl groups is 1. The molecule has 1 N–H and O–H groups in total. The van der Waals surface area contributed by atoms with Gasteiger partial charge in [0, 0.05) is 49.7 Å². The quantitative estimate of drug-likeness (QED) is 0.434. The molecule has 4 aromatic rings. The number of benzene rings is 1. The molecule has 0 unspecified atom stereocenters. The molecule has 1 aliphatic rings. The molecule has 0 radical (unpaired) electrons. The van der Waals surface area contributed by atoms with Crippen LogP contribution in [0, 0.1) is 0 Å². The first kappa shape index (κ1) is 22.3. The Hall–Kier alpha value is -3.49. The van der Waals surface area contributed by atoms with Crippen LogP contribution in [-0.2, 0) is 30.7 Å². The van der Waals surface area contributed by atoms with E-state index < -0.39 is 34.5 Å². The maximum Gasteiger partial charge on any atom is 0.314 e. The van der Waals surface area contributed by atoms with Crippen LogP contribution in [0.25, 0.3) is 11.5 Å². The number of aromatic nitrogens is 6. The van der Waals surface area contributed by atoms with Gasteiger partial charge >= 0.3 is 6.43 Å². The van der Waals surface area contributed by atoms with Crippen molar-refractivity contribution in [1.29, 1.82) is 0 Å². The predicted octanol–water partition coefficient (Wildman–Crippen LogP) is 2.12. The van der Waals surface area contributed by atoms with Crippen molar-refractivity contribution in [3.05, 3.63) is 65.6 Å². The van der Waals surface area contributed by atoms with Gasteiger partial charge in [-0.1, -0.05) is 6.07 Å². The van der Waals surface area contributed by atoms with Crippen LogP contribution >= 0.6 is 0 Å². The summed E-state index contributed by atoms with van der Waals surface area (Å²) in [5.74, 6) is -1.07. The number of sulfonamides is 1. The first-order valence-electron chi connectivity index (χ1n) is 10.1. The minimum atomic E-state index is -4.10. The molecule has 1 aromatic carbocycles. The molecule has 34 heavy (non-hydrogen) atoms. The Labute approximate surface area is 192 Å². The number of halogens is 2. The third-order valence-electron chi connectivity index (χ3n) is 5.60. The van der Waals surface area contributed by atoms with Crippen LogP contribution in [0.2, 0.25) is 0 Å². The predicted molar refractivity (Wildman–Crippen MR) is 112 cm³/mol. The van der Waals surface area contributed by atoms with Crippen LogP contribution in [0.1, 0.15) is 41.2 Å². The largest absolute Gasteiger partial charge is 0.415 e. The van der Waals surface area contributed by atoms with Gasteiger partial charge in [-0.3, -0.25) is 9.36 Å². The number of nitrogens with zero attached hydrogens (tertiary/aromatic N) is 7. The van der Waals surface area contributed by atoms with Crippen molar-refractivity contribution in [2.45, 2.75) is 30.0 Å². The Morgan fingerprint density at radius 2 is 1.74 bits per heavy atom. The molecule has 14 heteroatoms. The normalized spacial score (nSPS) is 17.2. The Morgan fingerprint density at radius 3 is 2.32 bits per heavy atom. The number of aryl methyl sites for hydroxylation is 2. The van der Waals surface area contributed by atoms with Crippen molar-refractivity contribution in [2.24, 2.45) is 14.1 Å². The second kappa shape index (κ2) is 8.07. The molecule has 3 aromatic heterocycles. The summed E-state index contributed by atoms with van der Waals surface area (Å²) in [6.07, 6.45) is 2.04. The highest BCUT2D eigenvalue weighted by molar-refractivity contribution is 7.89. The van der Waals surface area contributed by atoms with Crippen LogP contribution in [0.15, 0.2) is 52.3 Å². The van der Waals surface area contributed by atoms with E-state index in [-0.39, 0.29) is 22.9 Å². The summed E-state index contributed by atoms with van der Waals surface area (Å²) >= 11 is 0. The number of fused-ring (bicyclic) bond motifs is 1. The second-order valence-corrected chi connectivity index (χ2v) is 9.76. The Morgan fingerprint density at radius 1 is 1.06 bits per heavy atom. The molecule has 11 nitrogen and oxygen atoms in total. The molecule has 5 rings (SSSR count). The Bertz CT molecular complexity index is 1460. The zero-order valence-corrected chi connectivity index (χ0v) is 18.8. The summed E-state index contributed by atoms with van der Waals surface area (Å²) in [6.45, 7) is -0.0129. The van der Waals surface area contributed by atoms with Gasteiger partial charge in [-0.25, -0.2) is 8.42 Å². The lowest BCUT2D eigenvalue weighted by Crippen LogP contribution is -2.33. The van der Waals surface area contributed by atoms with E-state index >= 15 is 0 Å². The topological polar surface area (TPSA) is 132 Å². The van der Waals surface area contributed by atoms with Crippen molar-refractivity contribution < 1.29 is 26.7 Å². The van der Waals surface area contributed by atoms with E-state index in [1.165, 1.54) is 38.2 Å². The number of rotatable bonds is 6. The summed E-state index contributed by atoms with van der Waals surface area (Å²) in [5.41, 5.74) is 1.60. The fourth-order valence-corrected chi connectivity index (χ4v) is 5.84. The van der Waals surface area contributed by atoms with Crippen molar-refractivity contribution in [1.82, 2.24) is 34.1 Å². The van der Waals surface area contributed by atoms with Gasteiger partial charge in [-0.15, -0.1) is 10.2 Å². The summed E-state index contributed by atoms with van der Waals surface area (Å²) in [7, 11) is -0.720. The summed E-state index contributed by atoms with van der Waals surface area (Å²) < 4.78 is 62.1. The summed E-state index contributed by atoms with van der Waals surface area (Å²) in [5, 5.41) is 26.3. The molecule has 0 spiro atoms. The van der Waals surface area contributed by atoms with Gasteiger partial charge in [-0.2, -0.15) is 23.3 Å². The Kier molecular flexibility index (Phi) is 5.30. The molecular formula is C20H19F2N7O4S. The van der Waals surface area contributed by atoms with Crippen LogP contribution in [0.4, 0.5) is 8.78 Å². The second-order valence-electron chi connectivity index (χ2n) is 7.90. The molecule has 178 valence electrons. The van der Waals surface area contributed by atoms with Crippen molar-refractivity contribution >= 4 is 10.0 Å². The number of hydrogen-bond acceptors (Lipinski definition) is 8. The van der Waals surface area contributed by atoms with Gasteiger partial charge in [0.25, 0.3) is 5.89 Å². The number of alkyl halides is 2. The molecule has 4 heterocycles. The Balaban J connectivity index is 1.56. The maximum absolute atomic E-state index is 13.6. The standard InChI is InChI=1S/C20H19F2N7O4S/c1-27-8-13(6-23-27)16(17(30)14-7-24-28(2)9-14)29-10-12-4-3-11(5-15(12)34(29,31)32)19-25-26-20(33-19)18(21)22/h3-9,16-18,30H,10H2,1-2H3/t16-,17-/m0/s1. The molecule has 0 amide bonds. The van der Waals surface area contributed by atoms with E-state index in [2.05, 4.69) is 20.4 Å². The van der Waals surface area contributed by atoms with Crippen LogP contribution in [-0.4, -0.2) is 47.6 Å². The van der Waals surface area contributed by atoms with Gasteiger partial charge in [0.15, 0.2) is 0 Å². The number of aliphatic hydroxyl groups excluding tert-OH is 1. The van der Waals surface area contributed by atoms with Crippen molar-refractivity contribution in [3.63, 3.8) is 0 Å². The first-order valence-corrected chi connectivity index (χ1v) is 11.5. The van der Waals surface area contributed by atoms with Gasteiger partial charge in [0.1, 0.15) is 6.10 Å². The molecule has 0 aliphatic carbocycles. The van der Waals surface area contributed by atoms with Gasteiger partial charge < -0.3 is 9.52 Å². The third kappa shape index (κ3) is 3.69. The summed E-state index contributed by atoms with van der Waals surface area (Å²) in [6, 6.07) is 3.40. The van der Waals surface area contributed by atoms with Gasteiger partial charge in [0.05, 0.1) is 23.3 Å². The lowest BCUT2D eigenvalue weighted by atomic mass is 10.00. The van der Waals surface area contributed by atoms with Gasteiger partial charge in [-0.05, 0) is 17.7 Å². The van der Waals surface area contributed by atoms with E-state index in [0.29, 0.717) is 16.7 Å². The van der Waals surface area contributed by atoms with Crippen LogP contribution < -0.4 is 0 Å². The highest BCUT2D eigenvalue weighted by Crippen LogP contribution is 2.43. The van der Waals surface area contributed by atoms with E-state index in [4.69, 9.17) is 4.42 Å². The smallest absolute Gasteiger partial charge is 0.314 e. The SMILES string of the molecule is Cn1cc([C@H](O)[C@H](c2cnn(C)c2)N2Cc3ccc(-c4nnc(C(F)F)o4)cc3S2(=O)=O)cn1. The molecule has 0 fully saturated rings. The maximum atomic E-state index is 13.6. The minimum absolute atomic E-state index is 0.0129. The average molecular weight is 491 g/mol. The van der Waals surface area contributed by atoms with Crippen LogP contribution in [0.5, 0.6) is 0 Å². The van der Waals surface area contributed by atoms with E-state index in [9.17, 15) is 22.3 Å². The monoisotopic (exact) mass is 491 g/mol. The molecule has 1 aliphatic heterocycles. The number of hydrogen-bond donors (Lipinski definition) is 1. The summed E-state index contributed by atoms with van der Waals surface area (Å²) in [4.78, 5) is -0.0333. The fraction of sp³-hybridized carbons (Fsp3) is 0.300. The van der Waals surface area contributed by atoms with Gasteiger partial charge in [0.2, 0.25) is 15.9 Å². The first-order chi connectivity index (χ1) is 16.1. The molecule has 0 saturated heterocycles. The molecule has 0 bridgehead atoms. The highest BCUT2D eigenvalue weighted by atomic mass is 32.2. The fourth-order valence-electron chi connectivity index (χ4n) is 4.00. The van der Waals surface area contributed by atoms with Crippen LogP contribution in [0.3, 0.4) is 0 Å². The van der Waals surface area contributed by atoms with E-state index in [0.717, 1.165) is 0 Å². The zero-order valence-electron chi connectivity index (χ0n) is 17.9. The van der Waals surface area contributed by atoms with Crippen molar-refractivity contribution in [2.75, 3.05) is 0 Å². The average Bonchev–Trinajstić information content (AvgIpc) is 3.57. The molecular weight excluding hydrogens is 472 g/mol. The third-order valence-corrected chi connectivity index (χ3v) is 7.51. The van der Waals surface area contributed by atoms with Crippen molar-refractivity contribution in [3.8, 4) is 11.5 Å². The van der Waals surface area contributed by atoms with E-state index in [1.807, 2.05) is 0 Å². The lowest BCUT2D eigenvalue weighted by molar-refractivity contribution is 0.0884. The van der Waals surface area contributed by atoms with E-state index in [1.54, 1.807) is 32.6 Å². The lowest BCUT2D eigenvalue weighted by Gasteiger charge is -2.29.